The summed E-state index contributed by atoms with van der Waals surface area (Å²) in [5.74, 6) is -0.357. The molecular weight excluding hydrogens is 427 g/mol. The lowest BCUT2D eigenvalue weighted by atomic mass is 10.1. The Kier molecular flexibility index (Phi) is 5.90. The number of rotatable bonds is 4. The fourth-order valence-electron chi connectivity index (χ4n) is 3.78. The Labute approximate surface area is 182 Å². The van der Waals surface area contributed by atoms with Gasteiger partial charge in [-0.2, -0.15) is 13.2 Å². The molecule has 3 aromatic rings. The predicted octanol–water partition coefficient (Wildman–Crippen LogP) is 4.81. The fraction of sp³-hybridized carbons (Fsp3) is 0.364. The van der Waals surface area contributed by atoms with E-state index in [1.807, 2.05) is 18.2 Å². The number of alkyl halides is 3. The van der Waals surface area contributed by atoms with Gasteiger partial charge in [-0.3, -0.25) is 4.90 Å². The summed E-state index contributed by atoms with van der Waals surface area (Å²) in [6.45, 7) is 5.06. The smallest absolute Gasteiger partial charge is 0.416 e. The summed E-state index contributed by atoms with van der Waals surface area (Å²) in [4.78, 5) is 20.8. The molecule has 0 spiro atoms. The molecule has 31 heavy (non-hydrogen) atoms. The van der Waals surface area contributed by atoms with E-state index in [1.54, 1.807) is 6.07 Å². The number of piperazine rings is 1. The van der Waals surface area contributed by atoms with Crippen molar-refractivity contribution in [3.05, 3.63) is 59.2 Å². The van der Waals surface area contributed by atoms with Gasteiger partial charge in [-0.25, -0.2) is 9.78 Å². The number of benzene rings is 2. The first kappa shape index (κ1) is 21.6. The Morgan fingerprint density at radius 3 is 2.74 bits per heavy atom. The van der Waals surface area contributed by atoms with E-state index in [2.05, 4.69) is 21.7 Å². The SMILES string of the molecule is COC(=O)c1cccc(CN2CCN(c3nc4ccc(C(F)(F)F)cc4s3)CC2C)c1. The van der Waals surface area contributed by atoms with Gasteiger partial charge >= 0.3 is 12.1 Å². The molecule has 0 saturated carbocycles. The van der Waals surface area contributed by atoms with Gasteiger partial charge in [0.1, 0.15) is 0 Å². The van der Waals surface area contributed by atoms with E-state index in [4.69, 9.17) is 4.74 Å². The number of halogens is 3. The molecule has 0 bridgehead atoms. The number of methoxy groups -OCH3 is 1. The first-order valence-electron chi connectivity index (χ1n) is 9.88. The van der Waals surface area contributed by atoms with Gasteiger partial charge in [0.2, 0.25) is 0 Å². The summed E-state index contributed by atoms with van der Waals surface area (Å²) in [6.07, 6.45) is -4.36. The summed E-state index contributed by atoms with van der Waals surface area (Å²) < 4.78 is 44.3. The maximum absolute atomic E-state index is 13.0. The summed E-state index contributed by atoms with van der Waals surface area (Å²) in [5, 5.41) is 0.744. The lowest BCUT2D eigenvalue weighted by Gasteiger charge is -2.39. The molecule has 0 radical (unpaired) electrons. The van der Waals surface area contributed by atoms with Gasteiger partial charge in [-0.1, -0.05) is 23.5 Å². The predicted molar refractivity (Wildman–Crippen MR) is 114 cm³/mol. The van der Waals surface area contributed by atoms with Crippen LogP contribution in [0.2, 0.25) is 0 Å². The number of ether oxygens (including phenoxy) is 1. The Balaban J connectivity index is 1.45. The maximum atomic E-state index is 13.0. The van der Waals surface area contributed by atoms with Crippen molar-refractivity contribution in [3.63, 3.8) is 0 Å². The molecule has 164 valence electrons. The molecule has 1 atom stereocenters. The van der Waals surface area contributed by atoms with Gasteiger partial charge in [0.15, 0.2) is 5.13 Å². The van der Waals surface area contributed by atoms with Crippen LogP contribution in [0.1, 0.15) is 28.4 Å². The first-order chi connectivity index (χ1) is 14.7. The third-order valence-electron chi connectivity index (χ3n) is 5.47. The maximum Gasteiger partial charge on any atom is 0.416 e. The number of anilines is 1. The van der Waals surface area contributed by atoms with Crippen LogP contribution in [0.5, 0.6) is 0 Å². The second-order valence-corrected chi connectivity index (χ2v) is 8.64. The van der Waals surface area contributed by atoms with E-state index in [9.17, 15) is 18.0 Å². The van der Waals surface area contributed by atoms with Crippen molar-refractivity contribution in [3.8, 4) is 0 Å². The summed E-state index contributed by atoms with van der Waals surface area (Å²) in [6, 6.07) is 11.3. The fourth-order valence-corrected chi connectivity index (χ4v) is 4.82. The number of hydrogen-bond donors (Lipinski definition) is 0. The van der Waals surface area contributed by atoms with Crippen molar-refractivity contribution >= 4 is 32.7 Å². The molecule has 4 rings (SSSR count). The molecule has 1 saturated heterocycles. The zero-order chi connectivity index (χ0) is 22.2. The van der Waals surface area contributed by atoms with Gasteiger partial charge in [0, 0.05) is 32.2 Å². The minimum Gasteiger partial charge on any atom is -0.465 e. The molecule has 0 aliphatic carbocycles. The van der Waals surface area contributed by atoms with Gasteiger partial charge in [-0.05, 0) is 42.8 Å². The minimum absolute atomic E-state index is 0.216. The van der Waals surface area contributed by atoms with Crippen molar-refractivity contribution in [1.29, 1.82) is 0 Å². The lowest BCUT2D eigenvalue weighted by Crippen LogP contribution is -2.51. The quantitative estimate of drug-likeness (QED) is 0.535. The normalized spacial score (nSPS) is 17.8. The lowest BCUT2D eigenvalue weighted by molar-refractivity contribution is -0.137. The second kappa shape index (κ2) is 8.47. The summed E-state index contributed by atoms with van der Waals surface area (Å²) in [5.41, 5.74) is 1.49. The van der Waals surface area contributed by atoms with Crippen LogP contribution in [-0.2, 0) is 17.5 Å². The van der Waals surface area contributed by atoms with Crippen molar-refractivity contribution in [2.24, 2.45) is 0 Å². The molecular formula is C22H22F3N3O2S. The zero-order valence-electron chi connectivity index (χ0n) is 17.1. The Morgan fingerprint density at radius 1 is 1.23 bits per heavy atom. The highest BCUT2D eigenvalue weighted by Gasteiger charge is 2.31. The molecule has 0 amide bonds. The highest BCUT2D eigenvalue weighted by Crippen LogP contribution is 2.36. The van der Waals surface area contributed by atoms with Crippen molar-refractivity contribution in [2.45, 2.75) is 25.7 Å². The molecule has 2 aromatic carbocycles. The van der Waals surface area contributed by atoms with E-state index in [-0.39, 0.29) is 12.0 Å². The number of carbonyl (C=O) groups excluding carboxylic acids is 1. The number of carbonyl (C=O) groups is 1. The van der Waals surface area contributed by atoms with Crippen LogP contribution in [0.15, 0.2) is 42.5 Å². The number of esters is 1. The van der Waals surface area contributed by atoms with Crippen LogP contribution in [0.3, 0.4) is 0 Å². The highest BCUT2D eigenvalue weighted by molar-refractivity contribution is 7.22. The zero-order valence-corrected chi connectivity index (χ0v) is 18.0. The number of hydrogen-bond acceptors (Lipinski definition) is 6. The number of thiazole rings is 1. The second-order valence-electron chi connectivity index (χ2n) is 7.63. The van der Waals surface area contributed by atoms with Crippen LogP contribution in [-0.4, -0.2) is 48.6 Å². The summed E-state index contributed by atoms with van der Waals surface area (Å²) in [7, 11) is 1.36. The van der Waals surface area contributed by atoms with Crippen LogP contribution in [0.25, 0.3) is 10.2 Å². The average molecular weight is 449 g/mol. The standard InChI is InChI=1S/C22H22F3N3O2S/c1-14-12-28(21-26-18-7-6-17(22(23,24)25)11-19(18)31-21)9-8-27(14)13-15-4-3-5-16(10-15)20(29)30-2/h3-7,10-11,14H,8-9,12-13H2,1-2H3. The number of aromatic nitrogens is 1. The van der Waals surface area contributed by atoms with Crippen LogP contribution >= 0.6 is 11.3 Å². The molecule has 9 heteroatoms. The Hall–Kier alpha value is -2.65. The van der Waals surface area contributed by atoms with Gasteiger partial charge in [-0.15, -0.1) is 0 Å². The molecule has 1 fully saturated rings. The van der Waals surface area contributed by atoms with Crippen molar-refractivity contribution in [2.75, 3.05) is 31.6 Å². The molecule has 0 N–H and O–H groups in total. The van der Waals surface area contributed by atoms with E-state index in [0.29, 0.717) is 22.3 Å². The molecule has 1 aliphatic rings. The van der Waals surface area contributed by atoms with Crippen LogP contribution in [0.4, 0.5) is 18.3 Å². The third-order valence-corrected chi connectivity index (χ3v) is 6.55. The van der Waals surface area contributed by atoms with Gasteiger partial charge in [0.25, 0.3) is 0 Å². The van der Waals surface area contributed by atoms with Crippen LogP contribution < -0.4 is 4.90 Å². The molecule has 5 nitrogen and oxygen atoms in total. The van der Waals surface area contributed by atoms with Crippen molar-refractivity contribution in [1.82, 2.24) is 9.88 Å². The monoisotopic (exact) mass is 449 g/mol. The van der Waals surface area contributed by atoms with E-state index in [0.717, 1.165) is 36.4 Å². The third kappa shape index (κ3) is 4.67. The molecule has 1 aliphatic heterocycles. The van der Waals surface area contributed by atoms with E-state index >= 15 is 0 Å². The van der Waals surface area contributed by atoms with Gasteiger partial charge in [0.05, 0.1) is 28.5 Å². The average Bonchev–Trinajstić information content (AvgIpc) is 3.17. The molecule has 1 unspecified atom stereocenters. The van der Waals surface area contributed by atoms with E-state index in [1.165, 1.54) is 30.6 Å². The van der Waals surface area contributed by atoms with Gasteiger partial charge < -0.3 is 9.64 Å². The largest absolute Gasteiger partial charge is 0.465 e. The van der Waals surface area contributed by atoms with E-state index < -0.39 is 11.7 Å². The highest BCUT2D eigenvalue weighted by atomic mass is 32.1. The Morgan fingerprint density at radius 2 is 2.03 bits per heavy atom. The van der Waals surface area contributed by atoms with Crippen molar-refractivity contribution < 1.29 is 22.7 Å². The molecule has 2 heterocycles. The topological polar surface area (TPSA) is 45.7 Å². The molecule has 1 aromatic heterocycles. The number of fused-ring (bicyclic) bond motifs is 1. The summed E-state index contributed by atoms with van der Waals surface area (Å²) >= 11 is 1.29. The first-order valence-corrected chi connectivity index (χ1v) is 10.7. The minimum atomic E-state index is -4.36. The Bertz CT molecular complexity index is 1100. The number of nitrogens with zero attached hydrogens (tertiary/aromatic N) is 3. The van der Waals surface area contributed by atoms with Crippen LogP contribution in [0, 0.1) is 0 Å².